The van der Waals surface area contributed by atoms with Gasteiger partial charge in [0.1, 0.15) is 0 Å². The lowest BCUT2D eigenvalue weighted by Gasteiger charge is -2.43. The Morgan fingerprint density at radius 1 is 0.875 bits per heavy atom. The molecule has 0 radical (unpaired) electrons. The number of nitrogens with zero attached hydrogens (tertiary/aromatic N) is 4. The smallest absolute Gasteiger partial charge is 0.0793 e. The molecule has 0 aliphatic carbocycles. The van der Waals surface area contributed by atoms with Crippen molar-refractivity contribution in [3.05, 3.63) is 0 Å². The molecule has 3 aliphatic heterocycles. The van der Waals surface area contributed by atoms with Crippen molar-refractivity contribution >= 4 is 0 Å². The lowest BCUT2D eigenvalue weighted by molar-refractivity contribution is 0.0236. The van der Waals surface area contributed by atoms with Gasteiger partial charge in [0, 0.05) is 51.9 Å². The maximum atomic E-state index is 10.5. The topological polar surface area (TPSA) is 33.2 Å². The molecule has 0 aromatic rings. The number of hydrogen-bond donors (Lipinski definition) is 1. The first-order chi connectivity index (χ1) is 11.6. The number of aliphatic hydroxyl groups excluding tert-OH is 1. The number of rotatable bonds is 5. The Labute approximate surface area is 148 Å². The lowest BCUT2D eigenvalue weighted by atomic mass is 9.99. The second kappa shape index (κ2) is 8.95. The standard InChI is InChI=1S/C19H38N4O/c1-17-5-8-21(9-6-17)15-19(24)16-22-10-12-23(13-11-22)18-4-3-7-20(2)14-18/h17-19,24H,3-16H2,1-2H3. The average molecular weight is 339 g/mol. The molecule has 3 heterocycles. The quantitative estimate of drug-likeness (QED) is 0.802. The molecule has 3 rings (SSSR count). The van der Waals surface area contributed by atoms with Crippen LogP contribution in [0.1, 0.15) is 32.6 Å². The van der Waals surface area contributed by atoms with E-state index in [4.69, 9.17) is 0 Å². The van der Waals surface area contributed by atoms with E-state index in [1.165, 1.54) is 65.0 Å². The van der Waals surface area contributed by atoms with Crippen molar-refractivity contribution in [2.75, 3.05) is 72.5 Å². The van der Waals surface area contributed by atoms with E-state index in [2.05, 4.69) is 33.6 Å². The highest BCUT2D eigenvalue weighted by Crippen LogP contribution is 2.18. The summed E-state index contributed by atoms with van der Waals surface area (Å²) in [5.74, 6) is 0.866. The zero-order valence-corrected chi connectivity index (χ0v) is 15.9. The highest BCUT2D eigenvalue weighted by molar-refractivity contribution is 4.84. The summed E-state index contributed by atoms with van der Waals surface area (Å²) >= 11 is 0. The predicted molar refractivity (Wildman–Crippen MR) is 99.4 cm³/mol. The van der Waals surface area contributed by atoms with Crippen LogP contribution in [-0.2, 0) is 0 Å². The minimum atomic E-state index is -0.189. The molecule has 3 aliphatic rings. The minimum Gasteiger partial charge on any atom is -0.390 e. The Morgan fingerprint density at radius 2 is 1.50 bits per heavy atom. The summed E-state index contributed by atoms with van der Waals surface area (Å²) < 4.78 is 0. The van der Waals surface area contributed by atoms with E-state index < -0.39 is 0 Å². The van der Waals surface area contributed by atoms with E-state index in [0.717, 1.165) is 38.1 Å². The predicted octanol–water partition coefficient (Wildman–Crippen LogP) is 0.791. The van der Waals surface area contributed by atoms with Gasteiger partial charge in [-0.15, -0.1) is 0 Å². The SMILES string of the molecule is CC1CCN(CC(O)CN2CCN(C3CCCN(C)C3)CC2)CC1. The van der Waals surface area contributed by atoms with Gasteiger partial charge in [0.25, 0.3) is 0 Å². The van der Waals surface area contributed by atoms with Crippen molar-refractivity contribution in [2.45, 2.75) is 44.8 Å². The van der Waals surface area contributed by atoms with Crippen LogP contribution in [0.3, 0.4) is 0 Å². The maximum absolute atomic E-state index is 10.5. The number of aliphatic hydroxyl groups is 1. The normalized spacial score (nSPS) is 31.4. The third-order valence-electron chi connectivity index (χ3n) is 6.34. The van der Waals surface area contributed by atoms with Gasteiger partial charge in [0.15, 0.2) is 0 Å². The molecule has 0 spiro atoms. The Morgan fingerprint density at radius 3 is 2.12 bits per heavy atom. The van der Waals surface area contributed by atoms with Crippen LogP contribution in [0.25, 0.3) is 0 Å². The van der Waals surface area contributed by atoms with E-state index in [0.29, 0.717) is 0 Å². The lowest BCUT2D eigenvalue weighted by Crippen LogP contribution is -2.55. The zero-order valence-electron chi connectivity index (χ0n) is 15.9. The number of hydrogen-bond acceptors (Lipinski definition) is 5. The van der Waals surface area contributed by atoms with Crippen molar-refractivity contribution in [1.82, 2.24) is 19.6 Å². The van der Waals surface area contributed by atoms with Crippen LogP contribution in [0.5, 0.6) is 0 Å². The molecule has 5 nitrogen and oxygen atoms in total. The molecular weight excluding hydrogens is 300 g/mol. The molecule has 0 saturated carbocycles. The maximum Gasteiger partial charge on any atom is 0.0793 e. The Bertz CT molecular complexity index is 364. The van der Waals surface area contributed by atoms with Gasteiger partial charge in [-0.2, -0.15) is 0 Å². The second-order valence-electron chi connectivity index (χ2n) is 8.53. The van der Waals surface area contributed by atoms with Gasteiger partial charge in [-0.05, 0) is 58.3 Å². The molecule has 2 atom stereocenters. The molecule has 3 saturated heterocycles. The molecule has 0 aromatic carbocycles. The van der Waals surface area contributed by atoms with Gasteiger partial charge in [0.2, 0.25) is 0 Å². The first kappa shape index (κ1) is 18.6. The van der Waals surface area contributed by atoms with Gasteiger partial charge in [-0.25, -0.2) is 0 Å². The molecule has 0 aromatic heterocycles. The third kappa shape index (κ3) is 5.40. The summed E-state index contributed by atoms with van der Waals surface area (Å²) in [7, 11) is 2.25. The van der Waals surface area contributed by atoms with Crippen LogP contribution < -0.4 is 0 Å². The summed E-state index contributed by atoms with van der Waals surface area (Å²) in [5, 5.41) is 10.5. The van der Waals surface area contributed by atoms with Gasteiger partial charge in [0.05, 0.1) is 6.10 Å². The number of piperidine rings is 2. The molecule has 2 unspecified atom stereocenters. The molecule has 140 valence electrons. The van der Waals surface area contributed by atoms with Gasteiger partial charge in [-0.3, -0.25) is 9.80 Å². The first-order valence-corrected chi connectivity index (χ1v) is 10.2. The summed E-state index contributed by atoms with van der Waals surface area (Å²) in [6, 6.07) is 0.756. The van der Waals surface area contributed by atoms with Crippen LogP contribution in [0.4, 0.5) is 0 Å². The van der Waals surface area contributed by atoms with E-state index in [1.54, 1.807) is 0 Å². The van der Waals surface area contributed by atoms with E-state index >= 15 is 0 Å². The summed E-state index contributed by atoms with van der Waals surface area (Å²) in [6.07, 6.45) is 5.10. The Kier molecular flexibility index (Phi) is 6.93. The van der Waals surface area contributed by atoms with E-state index in [1.807, 2.05) is 0 Å². The van der Waals surface area contributed by atoms with Crippen LogP contribution >= 0.6 is 0 Å². The van der Waals surface area contributed by atoms with Gasteiger partial charge in [-0.1, -0.05) is 6.92 Å². The van der Waals surface area contributed by atoms with E-state index in [-0.39, 0.29) is 6.10 Å². The first-order valence-electron chi connectivity index (χ1n) is 10.2. The average Bonchev–Trinajstić information content (AvgIpc) is 2.58. The highest BCUT2D eigenvalue weighted by Gasteiger charge is 2.28. The highest BCUT2D eigenvalue weighted by atomic mass is 16.3. The fourth-order valence-corrected chi connectivity index (χ4v) is 4.65. The van der Waals surface area contributed by atoms with Crippen LogP contribution in [0, 0.1) is 5.92 Å². The summed E-state index contributed by atoms with van der Waals surface area (Å²) in [5.41, 5.74) is 0. The number of piperazine rings is 1. The third-order valence-corrected chi connectivity index (χ3v) is 6.34. The van der Waals surface area contributed by atoms with Crippen molar-refractivity contribution in [1.29, 1.82) is 0 Å². The fourth-order valence-electron chi connectivity index (χ4n) is 4.65. The monoisotopic (exact) mass is 338 g/mol. The Hall–Kier alpha value is -0.200. The van der Waals surface area contributed by atoms with Crippen LogP contribution in [0.15, 0.2) is 0 Å². The summed E-state index contributed by atoms with van der Waals surface area (Å²) in [6.45, 7) is 13.5. The summed E-state index contributed by atoms with van der Waals surface area (Å²) in [4.78, 5) is 10.1. The van der Waals surface area contributed by atoms with E-state index in [9.17, 15) is 5.11 Å². The molecule has 3 fully saturated rings. The number of likely N-dealkylation sites (tertiary alicyclic amines) is 2. The van der Waals surface area contributed by atoms with Gasteiger partial charge >= 0.3 is 0 Å². The molecule has 0 amide bonds. The molecule has 24 heavy (non-hydrogen) atoms. The number of β-amino-alcohol motifs (C(OH)–C–C–N with tert-alkyl or cyclic N) is 1. The Balaban J connectivity index is 1.34. The number of likely N-dealkylation sites (N-methyl/N-ethyl adjacent to an activating group) is 1. The van der Waals surface area contributed by atoms with Crippen LogP contribution in [0.2, 0.25) is 0 Å². The van der Waals surface area contributed by atoms with Crippen molar-refractivity contribution in [3.63, 3.8) is 0 Å². The molecule has 5 heteroatoms. The minimum absolute atomic E-state index is 0.189. The fraction of sp³-hybridized carbons (Fsp3) is 1.00. The van der Waals surface area contributed by atoms with Gasteiger partial charge < -0.3 is 14.9 Å². The van der Waals surface area contributed by atoms with Crippen molar-refractivity contribution in [2.24, 2.45) is 5.92 Å². The largest absolute Gasteiger partial charge is 0.390 e. The van der Waals surface area contributed by atoms with Crippen LogP contribution in [-0.4, -0.2) is 109 Å². The van der Waals surface area contributed by atoms with Crippen molar-refractivity contribution < 1.29 is 5.11 Å². The van der Waals surface area contributed by atoms with Crippen molar-refractivity contribution in [3.8, 4) is 0 Å². The molecular formula is C19H38N4O. The molecule has 0 bridgehead atoms. The zero-order chi connectivity index (χ0) is 16.9. The molecule has 1 N–H and O–H groups in total. The second-order valence-corrected chi connectivity index (χ2v) is 8.53.